The molecule has 8 nitrogen and oxygen atoms in total. The molecule has 3 fully saturated rings. The SMILES string of the molecule is Cc1cnn(CC(=O)N2CC3(CC(CC(=O)N4CCOCC4)CO3)C2)c1. The van der Waals surface area contributed by atoms with E-state index in [1.807, 2.05) is 22.9 Å². The van der Waals surface area contributed by atoms with E-state index in [4.69, 9.17) is 9.47 Å². The number of rotatable bonds is 4. The molecule has 0 aromatic carbocycles. The molecule has 3 saturated heterocycles. The van der Waals surface area contributed by atoms with Crippen molar-refractivity contribution >= 4 is 11.8 Å². The lowest BCUT2D eigenvalue weighted by Gasteiger charge is -2.47. The summed E-state index contributed by atoms with van der Waals surface area (Å²) in [5.41, 5.74) is 0.802. The van der Waals surface area contributed by atoms with Crippen LogP contribution in [0.3, 0.4) is 0 Å². The van der Waals surface area contributed by atoms with Crippen molar-refractivity contribution in [2.45, 2.75) is 31.9 Å². The molecule has 26 heavy (non-hydrogen) atoms. The van der Waals surface area contributed by atoms with Gasteiger partial charge in [-0.3, -0.25) is 14.3 Å². The van der Waals surface area contributed by atoms with E-state index in [0.717, 1.165) is 12.0 Å². The van der Waals surface area contributed by atoms with E-state index in [9.17, 15) is 9.59 Å². The van der Waals surface area contributed by atoms with Crippen LogP contribution in [0.25, 0.3) is 0 Å². The molecule has 1 spiro atoms. The largest absolute Gasteiger partial charge is 0.378 e. The second-order valence-electron chi connectivity index (χ2n) is 7.73. The highest BCUT2D eigenvalue weighted by Crippen LogP contribution is 2.39. The second-order valence-corrected chi connectivity index (χ2v) is 7.73. The van der Waals surface area contributed by atoms with Crippen molar-refractivity contribution in [1.29, 1.82) is 0 Å². The van der Waals surface area contributed by atoms with Gasteiger partial charge in [0.1, 0.15) is 12.1 Å². The van der Waals surface area contributed by atoms with Crippen LogP contribution in [0.4, 0.5) is 0 Å². The fourth-order valence-electron chi connectivity index (χ4n) is 4.10. The van der Waals surface area contributed by atoms with Crippen molar-refractivity contribution < 1.29 is 19.1 Å². The smallest absolute Gasteiger partial charge is 0.244 e. The maximum Gasteiger partial charge on any atom is 0.244 e. The molecule has 0 aliphatic carbocycles. The fraction of sp³-hybridized carbons (Fsp3) is 0.722. The molecule has 4 heterocycles. The number of nitrogens with zero attached hydrogens (tertiary/aromatic N) is 4. The molecule has 4 rings (SSSR count). The van der Waals surface area contributed by atoms with Gasteiger partial charge in [0.05, 0.1) is 39.1 Å². The highest BCUT2D eigenvalue weighted by molar-refractivity contribution is 5.77. The van der Waals surface area contributed by atoms with Gasteiger partial charge in [-0.05, 0) is 24.8 Å². The summed E-state index contributed by atoms with van der Waals surface area (Å²) in [5, 5.41) is 4.16. The molecule has 1 unspecified atom stereocenters. The van der Waals surface area contributed by atoms with Gasteiger partial charge in [0.25, 0.3) is 0 Å². The number of hydrogen-bond acceptors (Lipinski definition) is 5. The van der Waals surface area contributed by atoms with E-state index in [0.29, 0.717) is 52.4 Å². The number of amides is 2. The molecule has 142 valence electrons. The van der Waals surface area contributed by atoms with E-state index in [-0.39, 0.29) is 29.9 Å². The summed E-state index contributed by atoms with van der Waals surface area (Å²) < 4.78 is 13.0. The number of aryl methyl sites for hydroxylation is 1. The Bertz CT molecular complexity index is 676. The van der Waals surface area contributed by atoms with Gasteiger partial charge in [0.15, 0.2) is 0 Å². The van der Waals surface area contributed by atoms with Crippen LogP contribution in [0, 0.1) is 12.8 Å². The van der Waals surface area contributed by atoms with E-state index in [2.05, 4.69) is 5.10 Å². The van der Waals surface area contributed by atoms with Crippen molar-refractivity contribution in [1.82, 2.24) is 19.6 Å². The minimum Gasteiger partial charge on any atom is -0.378 e. The number of carbonyl (C=O) groups excluding carboxylic acids is 2. The Morgan fingerprint density at radius 3 is 2.69 bits per heavy atom. The molecule has 2 amide bonds. The quantitative estimate of drug-likeness (QED) is 0.757. The van der Waals surface area contributed by atoms with Gasteiger partial charge >= 0.3 is 0 Å². The van der Waals surface area contributed by atoms with Gasteiger partial charge in [-0.2, -0.15) is 5.10 Å². The van der Waals surface area contributed by atoms with Crippen LogP contribution in [0.1, 0.15) is 18.4 Å². The third-order valence-corrected chi connectivity index (χ3v) is 5.48. The van der Waals surface area contributed by atoms with Crippen molar-refractivity contribution in [3.8, 4) is 0 Å². The van der Waals surface area contributed by atoms with E-state index in [1.165, 1.54) is 0 Å². The topological polar surface area (TPSA) is 76.9 Å². The predicted molar refractivity (Wildman–Crippen MR) is 92.4 cm³/mol. The Morgan fingerprint density at radius 1 is 1.23 bits per heavy atom. The molecule has 0 radical (unpaired) electrons. The lowest BCUT2D eigenvalue weighted by molar-refractivity contribution is -0.158. The summed E-state index contributed by atoms with van der Waals surface area (Å²) in [6, 6.07) is 0. The Morgan fingerprint density at radius 2 is 2.00 bits per heavy atom. The van der Waals surface area contributed by atoms with Crippen molar-refractivity contribution in [2.75, 3.05) is 46.0 Å². The van der Waals surface area contributed by atoms with Crippen molar-refractivity contribution in [3.63, 3.8) is 0 Å². The average molecular weight is 362 g/mol. The third-order valence-electron chi connectivity index (χ3n) is 5.48. The van der Waals surface area contributed by atoms with E-state index >= 15 is 0 Å². The van der Waals surface area contributed by atoms with Crippen LogP contribution in [0.15, 0.2) is 12.4 Å². The molecule has 1 aromatic heterocycles. The zero-order valence-corrected chi connectivity index (χ0v) is 15.2. The van der Waals surface area contributed by atoms with Crippen LogP contribution >= 0.6 is 0 Å². The first-order valence-electron chi connectivity index (χ1n) is 9.29. The zero-order valence-electron chi connectivity index (χ0n) is 15.2. The van der Waals surface area contributed by atoms with Crippen LogP contribution in [-0.2, 0) is 25.6 Å². The summed E-state index contributed by atoms with van der Waals surface area (Å²) in [7, 11) is 0. The molecule has 1 aromatic rings. The van der Waals surface area contributed by atoms with E-state index < -0.39 is 0 Å². The third kappa shape index (κ3) is 3.61. The maximum absolute atomic E-state index is 12.4. The van der Waals surface area contributed by atoms with Crippen molar-refractivity contribution in [3.05, 3.63) is 18.0 Å². The van der Waals surface area contributed by atoms with Gasteiger partial charge in [-0.25, -0.2) is 0 Å². The van der Waals surface area contributed by atoms with Gasteiger partial charge in [-0.1, -0.05) is 0 Å². The number of morpholine rings is 1. The number of hydrogen-bond donors (Lipinski definition) is 0. The summed E-state index contributed by atoms with van der Waals surface area (Å²) in [5.74, 6) is 0.506. The lowest BCUT2D eigenvalue weighted by Crippen LogP contribution is -2.63. The number of ether oxygens (including phenoxy) is 2. The fourth-order valence-corrected chi connectivity index (χ4v) is 4.10. The minimum atomic E-state index is -0.244. The van der Waals surface area contributed by atoms with Crippen molar-refractivity contribution in [2.24, 2.45) is 5.92 Å². The molecule has 1 atom stereocenters. The Balaban J connectivity index is 1.23. The molecule has 8 heteroatoms. The first-order chi connectivity index (χ1) is 12.5. The minimum absolute atomic E-state index is 0.0650. The van der Waals surface area contributed by atoms with Gasteiger partial charge in [0.2, 0.25) is 11.8 Å². The van der Waals surface area contributed by atoms with Crippen LogP contribution in [-0.4, -0.2) is 83.0 Å². The van der Waals surface area contributed by atoms with E-state index in [1.54, 1.807) is 10.9 Å². The summed E-state index contributed by atoms with van der Waals surface area (Å²) in [6.45, 7) is 6.70. The molecular weight excluding hydrogens is 336 g/mol. The first kappa shape index (κ1) is 17.5. The monoisotopic (exact) mass is 362 g/mol. The molecule has 0 bridgehead atoms. The molecule has 3 aliphatic rings. The van der Waals surface area contributed by atoms with Gasteiger partial charge in [-0.15, -0.1) is 0 Å². The Hall–Kier alpha value is -1.93. The van der Waals surface area contributed by atoms with Crippen LogP contribution in [0.2, 0.25) is 0 Å². The van der Waals surface area contributed by atoms with Gasteiger partial charge < -0.3 is 19.3 Å². The number of carbonyl (C=O) groups is 2. The Kier molecular flexibility index (Phi) is 4.71. The van der Waals surface area contributed by atoms with Crippen LogP contribution in [0.5, 0.6) is 0 Å². The highest BCUT2D eigenvalue weighted by atomic mass is 16.5. The lowest BCUT2D eigenvalue weighted by atomic mass is 9.85. The summed E-state index contributed by atoms with van der Waals surface area (Å²) >= 11 is 0. The molecule has 0 N–H and O–H groups in total. The average Bonchev–Trinajstić information content (AvgIpc) is 3.20. The Labute approximate surface area is 153 Å². The summed E-state index contributed by atoms with van der Waals surface area (Å²) in [4.78, 5) is 28.4. The second kappa shape index (κ2) is 7.00. The van der Waals surface area contributed by atoms with Crippen LogP contribution < -0.4 is 0 Å². The molecular formula is C18H26N4O4. The predicted octanol–water partition coefficient (Wildman–Crippen LogP) is 0.0579. The molecule has 3 aliphatic heterocycles. The first-order valence-corrected chi connectivity index (χ1v) is 9.29. The normalized spacial score (nSPS) is 24.7. The van der Waals surface area contributed by atoms with Gasteiger partial charge in [0, 0.05) is 25.7 Å². The number of aromatic nitrogens is 2. The molecule has 0 saturated carbocycles. The summed E-state index contributed by atoms with van der Waals surface area (Å²) in [6.07, 6.45) is 5.00. The number of likely N-dealkylation sites (tertiary alicyclic amines) is 1. The standard InChI is InChI=1S/C18H26N4O4/c1-14-8-19-22(9-14)10-17(24)21-12-18(13-21)7-15(11-26-18)6-16(23)20-2-4-25-5-3-20/h8-9,15H,2-7,10-13H2,1H3. The highest BCUT2D eigenvalue weighted by Gasteiger charge is 2.51. The maximum atomic E-state index is 12.4. The zero-order chi connectivity index (χ0) is 18.1.